The number of nitrogens with zero attached hydrogens (tertiary/aromatic N) is 4. The van der Waals surface area contributed by atoms with Crippen LogP contribution in [0.25, 0.3) is 33.8 Å². The maximum absolute atomic E-state index is 17.0. The zero-order valence-corrected chi connectivity index (χ0v) is 30.8. The highest BCUT2D eigenvalue weighted by molar-refractivity contribution is 7.82. The molecular formula is C46H32N4O2P2. The van der Waals surface area contributed by atoms with E-state index >= 15 is 9.13 Å². The summed E-state index contributed by atoms with van der Waals surface area (Å²) in [7, 11) is -7.46. The highest BCUT2D eigenvalue weighted by atomic mass is 31.2. The maximum Gasteiger partial charge on any atom is 0.252 e. The van der Waals surface area contributed by atoms with E-state index in [1.165, 1.54) is 0 Å². The standard InChI is InChI=1S/C46H32N4O2P2/c51-53(37-26-14-5-15-27-37)41-30-16-29-40-44(41)45-39(49(53)35-22-10-3-11-23-35)28-17-31-42(45)54(52,50(40)36-24-12-4-13-25-36)43-32-38(33-18-6-1-7-19-33)47-46(48-43)34-20-8-2-9-21-34/h1-32H. The van der Waals surface area contributed by atoms with Crippen molar-refractivity contribution in [1.29, 1.82) is 0 Å². The van der Waals surface area contributed by atoms with Crippen molar-refractivity contribution in [3.05, 3.63) is 194 Å². The number of anilines is 4. The molecule has 3 heterocycles. The Morgan fingerprint density at radius 3 is 1.39 bits per heavy atom. The van der Waals surface area contributed by atoms with Crippen molar-refractivity contribution in [2.75, 3.05) is 9.34 Å². The number of aromatic nitrogens is 2. The highest BCUT2D eigenvalue weighted by Gasteiger charge is 2.52. The molecule has 8 aromatic rings. The maximum atomic E-state index is 17.0. The Kier molecular flexibility index (Phi) is 7.59. The highest BCUT2D eigenvalue weighted by Crippen LogP contribution is 2.68. The Morgan fingerprint density at radius 1 is 0.407 bits per heavy atom. The molecule has 1 aromatic heterocycles. The van der Waals surface area contributed by atoms with Crippen molar-refractivity contribution < 1.29 is 9.13 Å². The van der Waals surface area contributed by atoms with Gasteiger partial charge in [0.25, 0.3) is 7.29 Å². The summed E-state index contributed by atoms with van der Waals surface area (Å²) in [5, 5.41) is 2.04. The Labute approximate surface area is 313 Å². The fourth-order valence-corrected chi connectivity index (χ4v) is 13.8. The number of hydrogen-bond acceptors (Lipinski definition) is 4. The molecule has 0 saturated carbocycles. The van der Waals surface area contributed by atoms with Gasteiger partial charge in [0.2, 0.25) is 7.29 Å². The summed E-state index contributed by atoms with van der Waals surface area (Å²) < 4.78 is 37.3. The van der Waals surface area contributed by atoms with Gasteiger partial charge in [0.05, 0.1) is 17.1 Å². The van der Waals surface area contributed by atoms with Crippen molar-refractivity contribution in [3.63, 3.8) is 0 Å². The minimum absolute atomic E-state index is 0.409. The number of rotatable bonds is 6. The van der Waals surface area contributed by atoms with E-state index < -0.39 is 14.6 Å². The molecule has 0 aliphatic carbocycles. The van der Waals surface area contributed by atoms with E-state index in [4.69, 9.17) is 9.97 Å². The second-order valence-electron chi connectivity index (χ2n) is 13.3. The molecule has 0 radical (unpaired) electrons. The predicted octanol–water partition coefficient (Wildman–Crippen LogP) is 10.2. The topological polar surface area (TPSA) is 66.4 Å². The van der Waals surface area contributed by atoms with Gasteiger partial charge in [-0.25, -0.2) is 9.97 Å². The molecule has 0 fully saturated rings. The molecule has 54 heavy (non-hydrogen) atoms. The lowest BCUT2D eigenvalue weighted by Gasteiger charge is -2.47. The van der Waals surface area contributed by atoms with E-state index in [1.807, 2.05) is 203 Å². The number of hydrogen-bond donors (Lipinski definition) is 0. The van der Waals surface area contributed by atoms with Gasteiger partial charge in [-0.05, 0) is 66.7 Å². The Hall–Kier alpha value is -6.32. The van der Waals surface area contributed by atoms with E-state index in [9.17, 15) is 0 Å². The monoisotopic (exact) mass is 734 g/mol. The SMILES string of the molecule is O=P1(c2ccccc2)c2cccc3c2-c2c(cccc2P(=O)(c2cc(-c4ccccc4)nc(-c4ccccc4)n2)N3c2ccccc2)N1c1ccccc1. The molecule has 8 heteroatoms. The minimum Gasteiger partial charge on any atom is -0.289 e. The van der Waals surface area contributed by atoms with Crippen LogP contribution in [0, 0.1) is 0 Å². The summed E-state index contributed by atoms with van der Waals surface area (Å²) in [5.74, 6) is 0.485. The summed E-state index contributed by atoms with van der Waals surface area (Å²) >= 11 is 0. The summed E-state index contributed by atoms with van der Waals surface area (Å²) in [4.78, 5) is 10.3. The van der Waals surface area contributed by atoms with Crippen LogP contribution in [0.15, 0.2) is 194 Å². The molecule has 0 bridgehead atoms. The summed E-state index contributed by atoms with van der Waals surface area (Å²) in [6.07, 6.45) is 0. The van der Waals surface area contributed by atoms with Crippen LogP contribution in [0.5, 0.6) is 0 Å². The molecule has 0 saturated heterocycles. The van der Waals surface area contributed by atoms with Gasteiger partial charge in [0.15, 0.2) is 5.82 Å². The van der Waals surface area contributed by atoms with Crippen molar-refractivity contribution in [3.8, 4) is 33.8 Å². The molecule has 0 spiro atoms. The molecule has 2 aliphatic heterocycles. The third-order valence-corrected chi connectivity index (χ3v) is 16.1. The normalized spacial score (nSPS) is 18.2. The molecule has 0 amide bonds. The Balaban J connectivity index is 1.34. The van der Waals surface area contributed by atoms with Gasteiger partial charge in [-0.1, -0.05) is 127 Å². The van der Waals surface area contributed by atoms with Crippen LogP contribution in [-0.4, -0.2) is 9.97 Å². The first-order valence-electron chi connectivity index (χ1n) is 17.8. The third kappa shape index (κ3) is 4.81. The van der Waals surface area contributed by atoms with Crippen LogP contribution in [0.3, 0.4) is 0 Å². The van der Waals surface area contributed by atoms with Gasteiger partial charge in [-0.15, -0.1) is 0 Å². The Bertz CT molecular complexity index is 2730. The van der Waals surface area contributed by atoms with Crippen LogP contribution in [0.4, 0.5) is 22.7 Å². The van der Waals surface area contributed by atoms with Crippen LogP contribution in [-0.2, 0) is 9.13 Å². The van der Waals surface area contributed by atoms with Gasteiger partial charge in [-0.2, -0.15) is 0 Å². The lowest BCUT2D eigenvalue weighted by atomic mass is 9.99. The second kappa shape index (κ2) is 12.7. The molecule has 2 aliphatic rings. The predicted molar refractivity (Wildman–Crippen MR) is 222 cm³/mol. The second-order valence-corrected chi connectivity index (χ2v) is 18.3. The third-order valence-electron chi connectivity index (χ3n) is 10.2. The fourth-order valence-electron chi connectivity index (χ4n) is 7.86. The van der Waals surface area contributed by atoms with Gasteiger partial charge >= 0.3 is 0 Å². The van der Waals surface area contributed by atoms with E-state index in [-0.39, 0.29) is 0 Å². The summed E-state index contributed by atoms with van der Waals surface area (Å²) in [6.45, 7) is 0. The van der Waals surface area contributed by atoms with E-state index in [0.717, 1.165) is 39.3 Å². The van der Waals surface area contributed by atoms with Crippen molar-refractivity contribution in [2.24, 2.45) is 0 Å². The average Bonchev–Trinajstić information content (AvgIpc) is 3.25. The first-order chi connectivity index (χ1) is 26.6. The molecule has 10 rings (SSSR count). The van der Waals surface area contributed by atoms with Crippen molar-refractivity contribution in [1.82, 2.24) is 9.97 Å². The average molecular weight is 735 g/mol. The van der Waals surface area contributed by atoms with Crippen LogP contribution >= 0.6 is 14.6 Å². The van der Waals surface area contributed by atoms with Gasteiger partial charge < -0.3 is 0 Å². The first kappa shape index (κ1) is 32.3. The zero-order valence-electron chi connectivity index (χ0n) is 29.0. The number of para-hydroxylation sites is 2. The Morgan fingerprint density at radius 2 is 0.852 bits per heavy atom. The molecule has 6 nitrogen and oxygen atoms in total. The molecule has 258 valence electrons. The minimum atomic E-state index is -3.89. The zero-order chi connectivity index (χ0) is 36.3. The molecule has 2 atom stereocenters. The van der Waals surface area contributed by atoms with Crippen LogP contribution in [0.1, 0.15) is 0 Å². The van der Waals surface area contributed by atoms with Crippen molar-refractivity contribution in [2.45, 2.75) is 0 Å². The van der Waals surface area contributed by atoms with Gasteiger partial charge in [0.1, 0.15) is 5.44 Å². The van der Waals surface area contributed by atoms with Crippen molar-refractivity contribution >= 4 is 58.7 Å². The lowest BCUT2D eigenvalue weighted by Crippen LogP contribution is -2.41. The number of benzene rings is 7. The quantitative estimate of drug-likeness (QED) is 0.159. The lowest BCUT2D eigenvalue weighted by molar-refractivity contribution is 0.584. The van der Waals surface area contributed by atoms with Crippen LogP contribution < -0.4 is 30.7 Å². The fraction of sp³-hybridized carbons (Fsp3) is 0. The molecular weight excluding hydrogens is 702 g/mol. The van der Waals surface area contributed by atoms with E-state index in [2.05, 4.69) is 0 Å². The van der Waals surface area contributed by atoms with E-state index in [0.29, 0.717) is 38.6 Å². The van der Waals surface area contributed by atoms with Gasteiger partial charge in [-0.3, -0.25) is 18.5 Å². The summed E-state index contributed by atoms with van der Waals surface area (Å²) in [5.41, 5.74) is 7.39. The summed E-state index contributed by atoms with van der Waals surface area (Å²) in [6, 6.07) is 62.9. The smallest absolute Gasteiger partial charge is 0.252 e. The molecule has 7 aromatic carbocycles. The van der Waals surface area contributed by atoms with Crippen LogP contribution in [0.2, 0.25) is 0 Å². The molecule has 2 unspecified atom stereocenters. The van der Waals surface area contributed by atoms with Gasteiger partial charge in [0, 0.05) is 49.5 Å². The molecule has 0 N–H and O–H groups in total. The first-order valence-corrected chi connectivity index (χ1v) is 21.1. The largest absolute Gasteiger partial charge is 0.289 e. The van der Waals surface area contributed by atoms with E-state index in [1.54, 1.807) is 0 Å².